The first-order chi connectivity index (χ1) is 7.26. The Balaban J connectivity index is 3.10. The molecule has 0 saturated heterocycles. The predicted molar refractivity (Wildman–Crippen MR) is 65.8 cm³/mol. The molecule has 0 heterocycles. The molecule has 1 atom stereocenters. The largest absolute Gasteiger partial charge is 0.322 e. The summed E-state index contributed by atoms with van der Waals surface area (Å²) in [5, 5.41) is 0. The summed E-state index contributed by atoms with van der Waals surface area (Å²) in [5.41, 5.74) is 8.00. The second-order valence-electron chi connectivity index (χ2n) is 5.03. The third-order valence-electron chi connectivity index (χ3n) is 3.48. The number of hydrogen-bond donors (Lipinski definition) is 1. The summed E-state index contributed by atoms with van der Waals surface area (Å²) in [6, 6.07) is 4.64. The van der Waals surface area contributed by atoms with Gasteiger partial charge in [0.25, 0.3) is 0 Å². The number of rotatable bonds is 3. The fraction of sp³-hybridized carbons (Fsp3) is 0.538. The van der Waals surface area contributed by atoms with Crippen LogP contribution in [0.2, 0.25) is 0 Å². The zero-order chi connectivity index (χ0) is 12.5. The van der Waals surface area contributed by atoms with Crippen LogP contribution >= 0.6 is 0 Å². The Kier molecular flexibility index (Phi) is 3.71. The molecule has 0 aromatic heterocycles. The Labute approximate surface area is 97.3 Å². The average Bonchev–Trinajstić information content (AvgIpc) is 2.16. The molecule has 0 aliphatic rings. The maximum absolute atomic E-state index is 13.0. The molecular weight excluding hydrogens is 203 g/mol. The zero-order valence-corrected chi connectivity index (χ0v) is 10.7. The Morgan fingerprint density at radius 2 is 1.88 bits per heavy atom. The van der Waals surface area contributed by atoms with E-state index in [9.17, 15) is 4.39 Å². The molecule has 0 saturated carbocycles. The van der Waals surface area contributed by atoms with Crippen molar-refractivity contribution in [2.45, 2.75) is 32.4 Å². The minimum atomic E-state index is -0.212. The molecule has 2 N–H and O–H groups in total. The Morgan fingerprint density at radius 3 is 2.31 bits per heavy atom. The second-order valence-corrected chi connectivity index (χ2v) is 5.03. The molecule has 1 rings (SSSR count). The maximum Gasteiger partial charge on any atom is 0.123 e. The van der Waals surface area contributed by atoms with Gasteiger partial charge in [-0.1, -0.05) is 6.07 Å². The summed E-state index contributed by atoms with van der Waals surface area (Å²) in [7, 11) is 4.00. The second kappa shape index (κ2) is 4.52. The Bertz CT molecular complexity index is 372. The van der Waals surface area contributed by atoms with Gasteiger partial charge in [-0.2, -0.15) is 0 Å². The molecule has 0 fully saturated rings. The molecule has 1 aromatic rings. The molecule has 1 aromatic carbocycles. The fourth-order valence-electron chi connectivity index (χ4n) is 1.65. The molecule has 2 nitrogen and oxygen atoms in total. The molecule has 0 spiro atoms. The SMILES string of the molecule is Cc1cc(F)ccc1C(N)C(C)(C)N(C)C. The molecule has 0 radical (unpaired) electrons. The van der Waals surface area contributed by atoms with E-state index in [-0.39, 0.29) is 17.4 Å². The first kappa shape index (κ1) is 13.1. The Hall–Kier alpha value is -0.930. The van der Waals surface area contributed by atoms with Crippen molar-refractivity contribution in [2.75, 3.05) is 14.1 Å². The van der Waals surface area contributed by atoms with Crippen LogP contribution in [0.3, 0.4) is 0 Å². The lowest BCUT2D eigenvalue weighted by Crippen LogP contribution is -2.47. The van der Waals surface area contributed by atoms with Crippen molar-refractivity contribution < 1.29 is 4.39 Å². The minimum absolute atomic E-state index is 0.136. The van der Waals surface area contributed by atoms with Gasteiger partial charge in [0.05, 0.1) is 0 Å². The normalized spacial score (nSPS) is 14.2. The summed E-state index contributed by atoms with van der Waals surface area (Å²) in [6.45, 7) is 6.06. The maximum atomic E-state index is 13.0. The molecular formula is C13H21FN2. The average molecular weight is 224 g/mol. The van der Waals surface area contributed by atoms with E-state index in [2.05, 4.69) is 18.7 Å². The third-order valence-corrected chi connectivity index (χ3v) is 3.48. The van der Waals surface area contributed by atoms with E-state index >= 15 is 0 Å². The summed E-state index contributed by atoms with van der Waals surface area (Å²) in [5.74, 6) is -0.212. The van der Waals surface area contributed by atoms with Crippen molar-refractivity contribution in [1.82, 2.24) is 4.90 Å². The van der Waals surface area contributed by atoms with Crippen LogP contribution < -0.4 is 5.73 Å². The van der Waals surface area contributed by atoms with Gasteiger partial charge in [-0.3, -0.25) is 0 Å². The molecule has 1 unspecified atom stereocenters. The lowest BCUT2D eigenvalue weighted by molar-refractivity contribution is 0.158. The molecule has 0 aliphatic heterocycles. The number of halogens is 1. The van der Waals surface area contributed by atoms with Crippen LogP contribution in [0.25, 0.3) is 0 Å². The van der Waals surface area contributed by atoms with Crippen molar-refractivity contribution in [2.24, 2.45) is 5.73 Å². The Morgan fingerprint density at radius 1 is 1.31 bits per heavy atom. The summed E-state index contributed by atoms with van der Waals surface area (Å²) < 4.78 is 13.0. The van der Waals surface area contributed by atoms with Gasteiger partial charge in [0, 0.05) is 11.6 Å². The molecule has 0 amide bonds. The molecule has 16 heavy (non-hydrogen) atoms. The van der Waals surface area contributed by atoms with E-state index in [1.807, 2.05) is 21.0 Å². The van der Waals surface area contributed by atoms with Gasteiger partial charge < -0.3 is 10.6 Å². The number of benzene rings is 1. The quantitative estimate of drug-likeness (QED) is 0.854. The van der Waals surface area contributed by atoms with Crippen molar-refractivity contribution in [3.05, 3.63) is 35.1 Å². The molecule has 3 heteroatoms. The lowest BCUT2D eigenvalue weighted by atomic mass is 9.86. The summed E-state index contributed by atoms with van der Waals surface area (Å²) in [4.78, 5) is 2.08. The van der Waals surface area contributed by atoms with E-state index < -0.39 is 0 Å². The first-order valence-corrected chi connectivity index (χ1v) is 5.46. The topological polar surface area (TPSA) is 29.3 Å². The number of aryl methyl sites for hydroxylation is 1. The number of likely N-dealkylation sites (N-methyl/N-ethyl adjacent to an activating group) is 1. The van der Waals surface area contributed by atoms with Crippen LogP contribution in [0.4, 0.5) is 4.39 Å². The van der Waals surface area contributed by atoms with Gasteiger partial charge in [0.2, 0.25) is 0 Å². The van der Waals surface area contributed by atoms with Crippen LogP contribution in [0.5, 0.6) is 0 Å². The lowest BCUT2D eigenvalue weighted by Gasteiger charge is -2.38. The summed E-state index contributed by atoms with van der Waals surface area (Å²) >= 11 is 0. The van der Waals surface area contributed by atoms with Crippen LogP contribution in [0, 0.1) is 12.7 Å². The highest BCUT2D eigenvalue weighted by Crippen LogP contribution is 2.29. The third kappa shape index (κ3) is 2.42. The van der Waals surface area contributed by atoms with Crippen LogP contribution in [-0.2, 0) is 0 Å². The molecule has 0 aliphatic carbocycles. The molecule has 90 valence electrons. The van der Waals surface area contributed by atoms with Crippen molar-refractivity contribution in [3.63, 3.8) is 0 Å². The predicted octanol–water partition coefficient (Wildman–Crippen LogP) is 2.47. The van der Waals surface area contributed by atoms with E-state index in [1.54, 1.807) is 6.07 Å². The van der Waals surface area contributed by atoms with Gasteiger partial charge in [0.15, 0.2) is 0 Å². The van der Waals surface area contributed by atoms with Crippen LogP contribution in [0.15, 0.2) is 18.2 Å². The van der Waals surface area contributed by atoms with Gasteiger partial charge >= 0.3 is 0 Å². The number of hydrogen-bond acceptors (Lipinski definition) is 2. The van der Waals surface area contributed by atoms with Gasteiger partial charge in [-0.25, -0.2) is 4.39 Å². The minimum Gasteiger partial charge on any atom is -0.322 e. The highest BCUT2D eigenvalue weighted by Gasteiger charge is 2.30. The van der Waals surface area contributed by atoms with Gasteiger partial charge in [-0.05, 0) is 58.1 Å². The zero-order valence-electron chi connectivity index (χ0n) is 10.7. The van der Waals surface area contributed by atoms with Gasteiger partial charge in [0.1, 0.15) is 5.82 Å². The van der Waals surface area contributed by atoms with Crippen molar-refractivity contribution in [1.29, 1.82) is 0 Å². The van der Waals surface area contributed by atoms with Gasteiger partial charge in [-0.15, -0.1) is 0 Å². The smallest absolute Gasteiger partial charge is 0.123 e. The van der Waals surface area contributed by atoms with E-state index in [0.29, 0.717) is 0 Å². The van der Waals surface area contributed by atoms with Crippen LogP contribution in [0.1, 0.15) is 31.0 Å². The van der Waals surface area contributed by atoms with E-state index in [4.69, 9.17) is 5.73 Å². The fourth-order valence-corrected chi connectivity index (χ4v) is 1.65. The van der Waals surface area contributed by atoms with E-state index in [1.165, 1.54) is 12.1 Å². The number of nitrogens with two attached hydrogens (primary N) is 1. The number of nitrogens with zero attached hydrogens (tertiary/aromatic N) is 1. The molecule has 0 bridgehead atoms. The standard InChI is InChI=1S/C13H21FN2/c1-9-8-10(14)6-7-11(9)12(15)13(2,3)16(4)5/h6-8,12H,15H2,1-5H3. The van der Waals surface area contributed by atoms with Crippen LogP contribution in [-0.4, -0.2) is 24.5 Å². The first-order valence-electron chi connectivity index (χ1n) is 5.46. The summed E-state index contributed by atoms with van der Waals surface area (Å²) in [6.07, 6.45) is 0. The van der Waals surface area contributed by atoms with Crippen molar-refractivity contribution >= 4 is 0 Å². The van der Waals surface area contributed by atoms with Crippen molar-refractivity contribution in [3.8, 4) is 0 Å². The highest BCUT2D eigenvalue weighted by molar-refractivity contribution is 5.31. The highest BCUT2D eigenvalue weighted by atomic mass is 19.1. The monoisotopic (exact) mass is 224 g/mol. The van der Waals surface area contributed by atoms with E-state index in [0.717, 1.165) is 11.1 Å².